The zero-order valence-corrected chi connectivity index (χ0v) is 15.8. The fourth-order valence-electron chi connectivity index (χ4n) is 5.19. The molecule has 0 unspecified atom stereocenters. The number of fused-ring (bicyclic) bond motifs is 2. The van der Waals surface area contributed by atoms with E-state index in [1.807, 2.05) is 4.90 Å². The molecule has 0 spiro atoms. The molecule has 1 aromatic carbocycles. The average molecular weight is 374 g/mol. The first kappa shape index (κ1) is 18.4. The number of quaternary nitrogens is 1. The summed E-state index contributed by atoms with van der Waals surface area (Å²) in [7, 11) is 0. The maximum atomic E-state index is 12.9. The molecule has 1 heterocycles. The molecule has 3 fully saturated rings. The highest BCUT2D eigenvalue weighted by Crippen LogP contribution is 2.49. The monoisotopic (exact) mass is 374 g/mol. The van der Waals surface area contributed by atoms with Crippen LogP contribution in [0.4, 0.5) is 10.1 Å². The summed E-state index contributed by atoms with van der Waals surface area (Å²) in [6.45, 7) is 3.46. The molecule has 2 aliphatic carbocycles. The molecule has 5 nitrogen and oxygen atoms in total. The van der Waals surface area contributed by atoms with Gasteiger partial charge in [0.25, 0.3) is 5.91 Å². The largest absolute Gasteiger partial charge is 0.331 e. The number of carbonyl (C=O) groups excluding carboxylic acids is 2. The van der Waals surface area contributed by atoms with Crippen molar-refractivity contribution in [3.63, 3.8) is 0 Å². The highest BCUT2D eigenvalue weighted by molar-refractivity contribution is 5.91. The summed E-state index contributed by atoms with van der Waals surface area (Å²) in [6.07, 6.45) is 6.02. The maximum Gasteiger partial charge on any atom is 0.279 e. The summed E-state index contributed by atoms with van der Waals surface area (Å²) < 4.78 is 12.9. The van der Waals surface area contributed by atoms with Gasteiger partial charge in [-0.3, -0.25) is 9.59 Å². The number of piperazine rings is 1. The van der Waals surface area contributed by atoms with Crippen molar-refractivity contribution in [3.8, 4) is 0 Å². The van der Waals surface area contributed by atoms with Crippen molar-refractivity contribution >= 4 is 17.5 Å². The minimum absolute atomic E-state index is 0.0710. The van der Waals surface area contributed by atoms with Crippen LogP contribution in [0.3, 0.4) is 0 Å². The van der Waals surface area contributed by atoms with E-state index in [1.54, 1.807) is 12.1 Å². The van der Waals surface area contributed by atoms with Crippen molar-refractivity contribution in [2.24, 2.45) is 17.8 Å². The van der Waals surface area contributed by atoms with Gasteiger partial charge >= 0.3 is 0 Å². The Kier molecular flexibility index (Phi) is 5.43. The van der Waals surface area contributed by atoms with E-state index >= 15 is 0 Å². The molecule has 4 rings (SSSR count). The lowest BCUT2D eigenvalue weighted by atomic mass is 9.86. The zero-order chi connectivity index (χ0) is 18.8. The summed E-state index contributed by atoms with van der Waals surface area (Å²) in [6, 6.07) is 5.80. The van der Waals surface area contributed by atoms with Gasteiger partial charge in [-0.15, -0.1) is 0 Å². The van der Waals surface area contributed by atoms with Crippen molar-refractivity contribution in [2.45, 2.75) is 32.1 Å². The van der Waals surface area contributed by atoms with Crippen LogP contribution in [0.2, 0.25) is 0 Å². The third-order valence-electron chi connectivity index (χ3n) is 6.68. The minimum atomic E-state index is -0.315. The van der Waals surface area contributed by atoms with E-state index in [0.717, 1.165) is 44.4 Å². The predicted molar refractivity (Wildman–Crippen MR) is 101 cm³/mol. The molecule has 2 N–H and O–H groups in total. The number of nitrogens with zero attached hydrogens (tertiary/aromatic N) is 1. The lowest BCUT2D eigenvalue weighted by Crippen LogP contribution is -3.15. The topological polar surface area (TPSA) is 53.9 Å². The molecular formula is C21H29FN3O2+. The van der Waals surface area contributed by atoms with Crippen molar-refractivity contribution in [1.82, 2.24) is 4.90 Å². The Balaban J connectivity index is 1.19. The Bertz CT molecular complexity index is 685. The molecule has 2 amide bonds. The molecule has 146 valence electrons. The van der Waals surface area contributed by atoms with E-state index in [-0.39, 0.29) is 11.7 Å². The van der Waals surface area contributed by atoms with Gasteiger partial charge in [0.05, 0.1) is 26.2 Å². The van der Waals surface area contributed by atoms with Gasteiger partial charge in [0.1, 0.15) is 5.82 Å². The molecule has 6 heteroatoms. The van der Waals surface area contributed by atoms with Crippen LogP contribution in [0, 0.1) is 23.6 Å². The molecular weight excluding hydrogens is 345 g/mol. The van der Waals surface area contributed by atoms with E-state index in [2.05, 4.69) is 5.32 Å². The molecule has 0 radical (unpaired) electrons. The Morgan fingerprint density at radius 3 is 2.48 bits per heavy atom. The van der Waals surface area contributed by atoms with Crippen LogP contribution >= 0.6 is 0 Å². The average Bonchev–Trinajstić information content (AvgIpc) is 3.27. The number of nitrogens with one attached hydrogen (secondary N) is 2. The van der Waals surface area contributed by atoms with Crippen molar-refractivity contribution in [1.29, 1.82) is 0 Å². The summed E-state index contributed by atoms with van der Waals surface area (Å²) in [5, 5.41) is 2.81. The van der Waals surface area contributed by atoms with Crippen molar-refractivity contribution < 1.29 is 18.9 Å². The number of hydrogen-bond donors (Lipinski definition) is 2. The maximum absolute atomic E-state index is 12.9. The molecule has 1 aromatic rings. The van der Waals surface area contributed by atoms with Crippen molar-refractivity contribution in [3.05, 3.63) is 30.1 Å². The lowest BCUT2D eigenvalue weighted by molar-refractivity contribution is -0.895. The van der Waals surface area contributed by atoms with E-state index in [9.17, 15) is 14.0 Å². The standard InChI is InChI=1S/C21H28FN3O2/c22-18-3-5-19(6-4-18)23-20(26)14-24-7-9-25(10-8-24)21(27)13-17-12-15-1-2-16(17)11-15/h3-6,15-17H,1-2,7-14H2,(H,23,26)/p+1/t15-,16+,17+/m0/s1. The van der Waals surface area contributed by atoms with Gasteiger partial charge in [-0.1, -0.05) is 6.42 Å². The summed E-state index contributed by atoms with van der Waals surface area (Å²) in [5.41, 5.74) is 0.612. The van der Waals surface area contributed by atoms with Crippen LogP contribution in [0.1, 0.15) is 32.1 Å². The Morgan fingerprint density at radius 2 is 1.85 bits per heavy atom. The number of amides is 2. The van der Waals surface area contributed by atoms with E-state index in [1.165, 1.54) is 42.7 Å². The lowest BCUT2D eigenvalue weighted by Gasteiger charge is -2.33. The summed E-state index contributed by atoms with van der Waals surface area (Å²) in [5.74, 6) is 2.21. The molecule has 2 saturated carbocycles. The van der Waals surface area contributed by atoms with Crippen LogP contribution in [0.5, 0.6) is 0 Å². The van der Waals surface area contributed by atoms with Crippen LogP contribution in [-0.2, 0) is 9.59 Å². The molecule has 27 heavy (non-hydrogen) atoms. The molecule has 1 aliphatic heterocycles. The molecule has 3 aliphatic rings. The van der Waals surface area contributed by atoms with Gasteiger partial charge in [-0.2, -0.15) is 0 Å². The fourth-order valence-corrected chi connectivity index (χ4v) is 5.19. The Morgan fingerprint density at radius 1 is 1.11 bits per heavy atom. The van der Waals surface area contributed by atoms with Gasteiger partial charge in [0, 0.05) is 12.1 Å². The molecule has 3 atom stereocenters. The third kappa shape index (κ3) is 4.49. The van der Waals surface area contributed by atoms with E-state index < -0.39 is 0 Å². The third-order valence-corrected chi connectivity index (χ3v) is 6.68. The second kappa shape index (κ2) is 7.97. The SMILES string of the molecule is O=C(C[NH+]1CCN(C(=O)C[C@H]2C[C@H]3CC[C@@H]2C3)CC1)Nc1ccc(F)cc1. The minimum Gasteiger partial charge on any atom is -0.331 e. The predicted octanol–water partition coefficient (Wildman–Crippen LogP) is 1.32. The highest BCUT2D eigenvalue weighted by atomic mass is 19.1. The van der Waals surface area contributed by atoms with Gasteiger partial charge in [-0.25, -0.2) is 4.39 Å². The van der Waals surface area contributed by atoms with Crippen LogP contribution in [0.25, 0.3) is 0 Å². The van der Waals surface area contributed by atoms with Crippen LogP contribution in [0.15, 0.2) is 24.3 Å². The molecule has 0 aromatic heterocycles. The van der Waals surface area contributed by atoms with Crippen molar-refractivity contribution in [2.75, 3.05) is 38.0 Å². The first-order chi connectivity index (χ1) is 13.1. The summed E-state index contributed by atoms with van der Waals surface area (Å²) >= 11 is 0. The number of carbonyl (C=O) groups is 2. The molecule has 2 bridgehead atoms. The second-order valence-corrected chi connectivity index (χ2v) is 8.50. The van der Waals surface area contributed by atoms with Gasteiger partial charge in [-0.05, 0) is 61.3 Å². The first-order valence-electron chi connectivity index (χ1n) is 10.2. The van der Waals surface area contributed by atoms with Gasteiger partial charge < -0.3 is 15.1 Å². The van der Waals surface area contributed by atoms with Crippen LogP contribution < -0.4 is 10.2 Å². The molecule has 1 saturated heterocycles. The highest BCUT2D eigenvalue weighted by Gasteiger charge is 2.41. The normalized spacial score (nSPS) is 27.7. The first-order valence-corrected chi connectivity index (χ1v) is 10.2. The van der Waals surface area contributed by atoms with E-state index in [4.69, 9.17) is 0 Å². The van der Waals surface area contributed by atoms with Gasteiger partial charge in [0.15, 0.2) is 6.54 Å². The number of anilines is 1. The number of halogens is 1. The fraction of sp³-hybridized carbons (Fsp3) is 0.619. The number of hydrogen-bond acceptors (Lipinski definition) is 2. The second-order valence-electron chi connectivity index (χ2n) is 8.50. The van der Waals surface area contributed by atoms with Crippen LogP contribution in [-0.4, -0.2) is 49.4 Å². The zero-order valence-electron chi connectivity index (χ0n) is 15.8. The number of rotatable bonds is 5. The Hall–Kier alpha value is -1.95. The number of benzene rings is 1. The summed E-state index contributed by atoms with van der Waals surface area (Å²) in [4.78, 5) is 28.0. The quantitative estimate of drug-likeness (QED) is 0.817. The van der Waals surface area contributed by atoms with E-state index in [0.29, 0.717) is 24.1 Å². The smallest absolute Gasteiger partial charge is 0.279 e. The van der Waals surface area contributed by atoms with Gasteiger partial charge in [0.2, 0.25) is 5.91 Å². The Labute approximate surface area is 159 Å².